The van der Waals surface area contributed by atoms with Gasteiger partial charge in [0.15, 0.2) is 0 Å². The summed E-state index contributed by atoms with van der Waals surface area (Å²) >= 11 is 0. The summed E-state index contributed by atoms with van der Waals surface area (Å²) in [6.45, 7) is 1.62. The zero-order valence-electron chi connectivity index (χ0n) is 24.7. The van der Waals surface area contributed by atoms with E-state index in [1.165, 1.54) is 6.42 Å². The summed E-state index contributed by atoms with van der Waals surface area (Å²) in [5, 5.41) is 4.56. The first-order valence-corrected chi connectivity index (χ1v) is 17.3. The van der Waals surface area contributed by atoms with Crippen LogP contribution in [0.15, 0.2) is 146 Å². The Labute approximate surface area is 259 Å². The van der Waals surface area contributed by atoms with Crippen molar-refractivity contribution in [1.82, 2.24) is 4.67 Å². The van der Waals surface area contributed by atoms with Gasteiger partial charge in [0.25, 0.3) is 0 Å². The van der Waals surface area contributed by atoms with Gasteiger partial charge in [-0.2, -0.15) is 0 Å². The highest BCUT2D eigenvalue weighted by molar-refractivity contribution is 7.65. The molecule has 2 aliphatic heterocycles. The molecule has 8 rings (SSSR count). The molecule has 5 heteroatoms. The number of fused-ring (bicyclic) bond motifs is 2. The topological polar surface area (TPSA) is 26.8 Å². The Morgan fingerprint density at radius 3 is 1.34 bits per heavy atom. The van der Waals surface area contributed by atoms with E-state index in [9.17, 15) is 0 Å². The second kappa shape index (κ2) is 11.3. The van der Waals surface area contributed by atoms with Gasteiger partial charge < -0.3 is 0 Å². The van der Waals surface area contributed by atoms with Gasteiger partial charge in [0.05, 0.1) is 23.5 Å². The minimum absolute atomic E-state index is 0.198. The van der Waals surface area contributed by atoms with Crippen LogP contribution in [0.25, 0.3) is 21.5 Å². The molecule has 0 aromatic heterocycles. The Balaban J connectivity index is 1.50. The lowest BCUT2D eigenvalue weighted by molar-refractivity contribution is 0.343. The van der Waals surface area contributed by atoms with Crippen molar-refractivity contribution in [3.63, 3.8) is 0 Å². The lowest BCUT2D eigenvalue weighted by Crippen LogP contribution is -2.37. The molecular formula is C39H36N3OP. The Morgan fingerprint density at radius 2 is 0.864 bits per heavy atom. The summed E-state index contributed by atoms with van der Waals surface area (Å²) in [4.78, 5) is 0. The first-order valence-electron chi connectivity index (χ1n) is 15.8. The van der Waals surface area contributed by atoms with Crippen molar-refractivity contribution in [2.75, 3.05) is 22.4 Å². The van der Waals surface area contributed by atoms with E-state index >= 15 is 4.57 Å². The van der Waals surface area contributed by atoms with Gasteiger partial charge in [0, 0.05) is 23.9 Å². The molecule has 2 saturated heterocycles. The summed E-state index contributed by atoms with van der Waals surface area (Å²) in [5.74, 6) is 0. The Kier molecular flexibility index (Phi) is 6.97. The summed E-state index contributed by atoms with van der Waals surface area (Å²) in [7, 11) is -3.46. The summed E-state index contributed by atoms with van der Waals surface area (Å²) in [5.41, 5.74) is 4.37. The third-order valence-corrected chi connectivity index (χ3v) is 12.6. The molecule has 0 amide bonds. The van der Waals surface area contributed by atoms with Gasteiger partial charge in [-0.05, 0) is 46.9 Å². The van der Waals surface area contributed by atoms with Crippen molar-refractivity contribution in [2.24, 2.45) is 0 Å². The molecule has 0 unspecified atom stereocenters. The number of piperidine rings is 1. The maximum Gasteiger partial charge on any atom is 0.336 e. The normalized spacial score (nSPS) is 20.4. The molecule has 2 aliphatic rings. The van der Waals surface area contributed by atoms with Crippen LogP contribution in [0.4, 0.5) is 11.4 Å². The third kappa shape index (κ3) is 4.36. The van der Waals surface area contributed by atoms with E-state index in [4.69, 9.17) is 0 Å². The van der Waals surface area contributed by atoms with Gasteiger partial charge in [-0.15, -0.1) is 0 Å². The van der Waals surface area contributed by atoms with Crippen LogP contribution in [0.1, 0.15) is 42.5 Å². The molecule has 2 heterocycles. The molecule has 0 saturated carbocycles. The quantitative estimate of drug-likeness (QED) is 0.186. The average molecular weight is 594 g/mol. The fourth-order valence-corrected chi connectivity index (χ4v) is 11.1. The maximum atomic E-state index is 16.9. The Hall–Kier alpha value is -4.37. The van der Waals surface area contributed by atoms with Gasteiger partial charge >= 0.3 is 7.59 Å². The van der Waals surface area contributed by atoms with Crippen LogP contribution in [-0.2, 0) is 4.57 Å². The van der Waals surface area contributed by atoms with E-state index < -0.39 is 7.59 Å². The van der Waals surface area contributed by atoms with Crippen LogP contribution in [-0.4, -0.2) is 17.8 Å². The first kappa shape index (κ1) is 27.2. The van der Waals surface area contributed by atoms with Crippen molar-refractivity contribution >= 4 is 40.5 Å². The highest BCUT2D eigenvalue weighted by Gasteiger charge is 2.59. The second-order valence-electron chi connectivity index (χ2n) is 11.9. The minimum Gasteiger partial charge on any atom is -0.284 e. The van der Waals surface area contributed by atoms with Crippen LogP contribution in [0, 0.1) is 0 Å². The molecule has 218 valence electrons. The summed E-state index contributed by atoms with van der Waals surface area (Å²) in [6, 6.07) is 51.1. The molecule has 0 bridgehead atoms. The molecule has 0 radical (unpaired) electrons. The second-order valence-corrected chi connectivity index (χ2v) is 14.4. The van der Waals surface area contributed by atoms with E-state index in [1.54, 1.807) is 0 Å². The summed E-state index contributed by atoms with van der Waals surface area (Å²) < 4.78 is 23.9. The number of anilines is 2. The highest BCUT2D eigenvalue weighted by atomic mass is 31.2. The molecular weight excluding hydrogens is 557 g/mol. The van der Waals surface area contributed by atoms with E-state index in [1.807, 2.05) is 0 Å². The number of benzene rings is 6. The average Bonchev–Trinajstić information content (AvgIpc) is 3.38. The van der Waals surface area contributed by atoms with Crippen LogP contribution in [0.3, 0.4) is 0 Å². The maximum absolute atomic E-state index is 16.9. The molecule has 2 fully saturated rings. The summed E-state index contributed by atoms with van der Waals surface area (Å²) in [6.07, 6.45) is 3.26. The van der Waals surface area contributed by atoms with Gasteiger partial charge in [-0.3, -0.25) is 13.9 Å². The lowest BCUT2D eigenvalue weighted by atomic mass is 9.92. The zero-order valence-corrected chi connectivity index (χ0v) is 25.6. The number of nitrogens with zero attached hydrogens (tertiary/aromatic N) is 3. The molecule has 0 aliphatic carbocycles. The minimum atomic E-state index is -3.46. The molecule has 6 aromatic carbocycles. The van der Waals surface area contributed by atoms with Gasteiger partial charge in [0.1, 0.15) is 0 Å². The van der Waals surface area contributed by atoms with Crippen LogP contribution < -0.4 is 9.34 Å². The van der Waals surface area contributed by atoms with Gasteiger partial charge in [-0.1, -0.05) is 140 Å². The molecule has 44 heavy (non-hydrogen) atoms. The largest absolute Gasteiger partial charge is 0.336 e. The van der Waals surface area contributed by atoms with Crippen molar-refractivity contribution in [2.45, 2.75) is 31.3 Å². The van der Waals surface area contributed by atoms with Crippen LogP contribution >= 0.6 is 7.59 Å². The van der Waals surface area contributed by atoms with Crippen molar-refractivity contribution in [3.8, 4) is 0 Å². The van der Waals surface area contributed by atoms with E-state index in [2.05, 4.69) is 160 Å². The molecule has 0 spiro atoms. The lowest BCUT2D eigenvalue weighted by Gasteiger charge is -2.43. The molecule has 6 aromatic rings. The van der Waals surface area contributed by atoms with Crippen LogP contribution in [0.5, 0.6) is 0 Å². The fourth-order valence-electron chi connectivity index (χ4n) is 7.45. The third-order valence-electron chi connectivity index (χ3n) is 9.40. The predicted molar refractivity (Wildman–Crippen MR) is 184 cm³/mol. The molecule has 4 nitrogen and oxygen atoms in total. The van der Waals surface area contributed by atoms with E-state index in [-0.39, 0.29) is 12.1 Å². The highest BCUT2D eigenvalue weighted by Crippen LogP contribution is 2.74. The van der Waals surface area contributed by atoms with Crippen molar-refractivity contribution in [3.05, 3.63) is 157 Å². The van der Waals surface area contributed by atoms with Gasteiger partial charge in [0.2, 0.25) is 0 Å². The van der Waals surface area contributed by atoms with Crippen LogP contribution in [0.2, 0.25) is 0 Å². The smallest absolute Gasteiger partial charge is 0.284 e. The zero-order chi connectivity index (χ0) is 29.5. The Bertz CT molecular complexity index is 1830. The monoisotopic (exact) mass is 593 g/mol. The SMILES string of the molecule is O=P1(N2CCCCC2)N(c2cccc3ccccc23)[C@@H](c2ccccc2)[C@H](c2ccccc2)N1c1cccc2ccccc12. The Morgan fingerprint density at radius 1 is 0.455 bits per heavy atom. The standard InChI is InChI=1S/C39H36N3OP/c43-44(40-28-12-3-13-29-40)41(36-26-14-22-30-16-8-10-24-34(30)36)38(32-18-4-1-5-19-32)39(33-20-6-2-7-21-33)42(44)37-27-15-23-31-17-9-11-25-35(31)37/h1-2,4-11,14-27,38-39H,3,12-13,28-29H2/t38-,39-/m0/s1. The number of rotatable bonds is 5. The predicted octanol–water partition coefficient (Wildman–Crippen LogP) is 10.4. The molecule has 2 atom stereocenters. The fraction of sp³-hybridized carbons (Fsp3) is 0.179. The number of hydrogen-bond donors (Lipinski definition) is 0. The van der Waals surface area contributed by atoms with Gasteiger partial charge in [-0.25, -0.2) is 4.67 Å². The van der Waals surface area contributed by atoms with Crippen molar-refractivity contribution < 1.29 is 4.57 Å². The molecule has 0 N–H and O–H groups in total. The van der Waals surface area contributed by atoms with E-state index in [0.717, 1.165) is 70.0 Å². The first-order chi connectivity index (χ1) is 21.7. The van der Waals surface area contributed by atoms with Crippen molar-refractivity contribution in [1.29, 1.82) is 0 Å². The van der Waals surface area contributed by atoms with E-state index in [0.29, 0.717) is 0 Å². The number of hydrogen-bond acceptors (Lipinski definition) is 1.